The molecule has 2 heterocycles. The first-order chi connectivity index (χ1) is 11.9. The number of hydrogen-bond acceptors (Lipinski definition) is 3. The molecule has 0 fully saturated rings. The minimum Gasteiger partial charge on any atom is -0.475 e. The summed E-state index contributed by atoms with van der Waals surface area (Å²) in [4.78, 5) is 0. The molecule has 3 rings (SSSR count). The van der Waals surface area contributed by atoms with Crippen LogP contribution in [-0.2, 0) is 13.1 Å². The summed E-state index contributed by atoms with van der Waals surface area (Å²) >= 11 is 0. The molecule has 2 aromatic rings. The lowest BCUT2D eigenvalue weighted by atomic mass is 9.97. The van der Waals surface area contributed by atoms with Crippen LogP contribution in [0.2, 0.25) is 0 Å². The van der Waals surface area contributed by atoms with Gasteiger partial charge in [0.2, 0.25) is 5.88 Å². The molecule has 0 saturated carbocycles. The summed E-state index contributed by atoms with van der Waals surface area (Å²) in [7, 11) is 0. The van der Waals surface area contributed by atoms with E-state index in [2.05, 4.69) is 45.0 Å². The van der Waals surface area contributed by atoms with E-state index in [0.29, 0.717) is 23.8 Å². The van der Waals surface area contributed by atoms with E-state index >= 15 is 0 Å². The zero-order valence-electron chi connectivity index (χ0n) is 15.8. The molecular weight excluding hydrogens is 317 g/mol. The summed E-state index contributed by atoms with van der Waals surface area (Å²) in [5.41, 5.74) is 3.20. The van der Waals surface area contributed by atoms with Gasteiger partial charge >= 0.3 is 0 Å². The molecule has 25 heavy (non-hydrogen) atoms. The number of fused-ring (bicyclic) bond motifs is 1. The van der Waals surface area contributed by atoms with Crippen molar-refractivity contribution in [3.63, 3.8) is 0 Å². The van der Waals surface area contributed by atoms with Gasteiger partial charge in [-0.05, 0) is 30.5 Å². The highest BCUT2D eigenvalue weighted by Gasteiger charge is 2.28. The molecule has 1 aromatic heterocycles. The Hall–Kier alpha value is -1.88. The molecule has 0 radical (unpaired) electrons. The Labute approximate surface area is 149 Å². The fourth-order valence-corrected chi connectivity index (χ4v) is 3.19. The van der Waals surface area contributed by atoms with Crippen molar-refractivity contribution in [2.24, 2.45) is 0 Å². The first kappa shape index (κ1) is 17.9. The van der Waals surface area contributed by atoms with E-state index in [0.717, 1.165) is 30.0 Å². The molecule has 0 aliphatic carbocycles. The molecule has 1 aliphatic rings. The van der Waals surface area contributed by atoms with Gasteiger partial charge in [-0.3, -0.25) is 0 Å². The summed E-state index contributed by atoms with van der Waals surface area (Å²) in [6.45, 7) is 11.9. The lowest BCUT2D eigenvalue weighted by molar-refractivity contribution is 0.147. The van der Waals surface area contributed by atoms with Gasteiger partial charge in [-0.1, -0.05) is 33.8 Å². The summed E-state index contributed by atoms with van der Waals surface area (Å²) < 4.78 is 22.7. The number of hydrogen-bond donors (Lipinski definition) is 1. The number of aromatic nitrogens is 2. The quantitative estimate of drug-likeness (QED) is 0.868. The van der Waals surface area contributed by atoms with Crippen LogP contribution in [0.25, 0.3) is 11.3 Å². The van der Waals surface area contributed by atoms with Gasteiger partial charge in [-0.15, -0.1) is 0 Å². The van der Waals surface area contributed by atoms with Gasteiger partial charge in [0.05, 0.1) is 6.10 Å². The number of benzene rings is 1. The summed E-state index contributed by atoms with van der Waals surface area (Å²) in [6, 6.07) is 5.79. The van der Waals surface area contributed by atoms with Crippen molar-refractivity contribution in [2.75, 3.05) is 0 Å². The van der Waals surface area contributed by atoms with E-state index in [9.17, 15) is 4.39 Å². The fraction of sp³-hybridized carbons (Fsp3) is 0.550. The number of nitrogens with zero attached hydrogens (tertiary/aromatic N) is 2. The van der Waals surface area contributed by atoms with Crippen molar-refractivity contribution in [1.29, 1.82) is 0 Å². The van der Waals surface area contributed by atoms with Gasteiger partial charge in [-0.25, -0.2) is 9.07 Å². The normalized spacial score (nSPS) is 17.0. The molecule has 0 saturated heterocycles. The van der Waals surface area contributed by atoms with Gasteiger partial charge in [-0.2, -0.15) is 5.10 Å². The average Bonchev–Trinajstić information content (AvgIpc) is 2.91. The number of nitrogens with one attached hydrogen (secondary N) is 1. The predicted molar refractivity (Wildman–Crippen MR) is 98.4 cm³/mol. The molecule has 1 atom stereocenters. The van der Waals surface area contributed by atoms with Crippen molar-refractivity contribution < 1.29 is 9.13 Å². The molecular formula is C20H28FN3O. The third-order valence-corrected chi connectivity index (χ3v) is 4.58. The van der Waals surface area contributed by atoms with Gasteiger partial charge in [0, 0.05) is 36.7 Å². The van der Waals surface area contributed by atoms with Gasteiger partial charge < -0.3 is 10.1 Å². The third kappa shape index (κ3) is 3.71. The topological polar surface area (TPSA) is 39.1 Å². The van der Waals surface area contributed by atoms with Crippen LogP contribution in [0.15, 0.2) is 18.2 Å². The van der Waals surface area contributed by atoms with Crippen molar-refractivity contribution in [3.05, 3.63) is 35.1 Å². The zero-order valence-corrected chi connectivity index (χ0v) is 15.8. The highest BCUT2D eigenvalue weighted by atomic mass is 19.1. The average molecular weight is 345 g/mol. The van der Waals surface area contributed by atoms with Crippen LogP contribution < -0.4 is 10.1 Å². The van der Waals surface area contributed by atoms with E-state index in [4.69, 9.17) is 4.74 Å². The van der Waals surface area contributed by atoms with Crippen LogP contribution in [0.3, 0.4) is 0 Å². The van der Waals surface area contributed by atoms with E-state index < -0.39 is 0 Å². The smallest absolute Gasteiger partial charge is 0.216 e. The maximum atomic E-state index is 14.8. The third-order valence-electron chi connectivity index (χ3n) is 4.58. The Kier molecular flexibility index (Phi) is 5.13. The minimum absolute atomic E-state index is 0.170. The van der Waals surface area contributed by atoms with E-state index in [1.54, 1.807) is 6.07 Å². The Bertz CT molecular complexity index is 752. The first-order valence-electron chi connectivity index (χ1n) is 9.16. The first-order valence-corrected chi connectivity index (χ1v) is 9.16. The number of rotatable bonds is 5. The second kappa shape index (κ2) is 7.16. The Morgan fingerprint density at radius 2 is 2.08 bits per heavy atom. The molecule has 0 amide bonds. The van der Waals surface area contributed by atoms with Crippen LogP contribution in [-0.4, -0.2) is 21.9 Å². The van der Waals surface area contributed by atoms with Gasteiger partial charge in [0.1, 0.15) is 11.5 Å². The lowest BCUT2D eigenvalue weighted by Crippen LogP contribution is -2.23. The molecule has 1 aromatic carbocycles. The molecule has 0 bridgehead atoms. The largest absolute Gasteiger partial charge is 0.475 e. The number of aryl methyl sites for hydroxylation is 1. The minimum atomic E-state index is -0.228. The van der Waals surface area contributed by atoms with E-state index in [1.807, 2.05) is 16.8 Å². The SMILES string of the molecule is CC(C)NCc1ccc(-c2nn3c(c2C(C)C)O[C@H](C)CC3)c(F)c1. The van der Waals surface area contributed by atoms with Crippen LogP contribution in [0.4, 0.5) is 4.39 Å². The van der Waals surface area contributed by atoms with Crippen LogP contribution in [0.1, 0.15) is 58.1 Å². The monoisotopic (exact) mass is 345 g/mol. The van der Waals surface area contributed by atoms with E-state index in [1.165, 1.54) is 0 Å². The maximum Gasteiger partial charge on any atom is 0.216 e. The van der Waals surface area contributed by atoms with Crippen LogP contribution in [0, 0.1) is 5.82 Å². The van der Waals surface area contributed by atoms with Crippen molar-refractivity contribution in [3.8, 4) is 17.1 Å². The van der Waals surface area contributed by atoms with E-state index in [-0.39, 0.29) is 17.8 Å². The highest BCUT2D eigenvalue weighted by molar-refractivity contribution is 5.67. The summed E-state index contributed by atoms with van der Waals surface area (Å²) in [5, 5.41) is 7.99. The van der Waals surface area contributed by atoms with Gasteiger partial charge in [0.15, 0.2) is 0 Å². The highest BCUT2D eigenvalue weighted by Crippen LogP contribution is 2.39. The Morgan fingerprint density at radius 1 is 1.32 bits per heavy atom. The number of ether oxygens (including phenoxy) is 1. The zero-order chi connectivity index (χ0) is 18.1. The molecule has 0 unspecified atom stereocenters. The molecule has 0 spiro atoms. The Balaban J connectivity index is 1.99. The van der Waals surface area contributed by atoms with Gasteiger partial charge in [0.25, 0.3) is 0 Å². The molecule has 1 N–H and O–H groups in total. The van der Waals surface area contributed by atoms with Crippen molar-refractivity contribution in [2.45, 2.75) is 72.2 Å². The molecule has 5 heteroatoms. The summed E-state index contributed by atoms with van der Waals surface area (Å²) in [6.07, 6.45) is 1.09. The molecule has 1 aliphatic heterocycles. The molecule has 4 nitrogen and oxygen atoms in total. The maximum absolute atomic E-state index is 14.8. The summed E-state index contributed by atoms with van der Waals surface area (Å²) in [5.74, 6) is 0.785. The fourth-order valence-electron chi connectivity index (χ4n) is 3.19. The van der Waals surface area contributed by atoms with Crippen molar-refractivity contribution >= 4 is 0 Å². The Morgan fingerprint density at radius 3 is 2.72 bits per heavy atom. The molecule has 136 valence electrons. The van der Waals surface area contributed by atoms with Crippen LogP contribution in [0.5, 0.6) is 5.88 Å². The van der Waals surface area contributed by atoms with Crippen molar-refractivity contribution in [1.82, 2.24) is 15.1 Å². The second-order valence-electron chi connectivity index (χ2n) is 7.51. The van der Waals surface area contributed by atoms with Crippen LogP contribution >= 0.6 is 0 Å². The predicted octanol–water partition coefficient (Wildman–Crippen LogP) is 4.48. The second-order valence-corrected chi connectivity index (χ2v) is 7.51. The lowest BCUT2D eigenvalue weighted by Gasteiger charge is -2.23. The number of halogens is 1. The standard InChI is InChI=1S/C20H28FN3O/c1-12(2)18-19(23-24-9-8-14(5)25-20(18)24)16-7-6-15(10-17(16)21)11-22-13(3)4/h6-7,10,12-14,22H,8-9,11H2,1-5H3/t14-/m1/s1.